The van der Waals surface area contributed by atoms with Crippen molar-refractivity contribution in [2.45, 2.75) is 32.2 Å². The Hall–Kier alpha value is -1.10. The van der Waals surface area contributed by atoms with Crippen LogP contribution >= 0.6 is 0 Å². The lowest BCUT2D eigenvalue weighted by atomic mass is 10.1. The van der Waals surface area contributed by atoms with Crippen molar-refractivity contribution in [3.63, 3.8) is 0 Å². The van der Waals surface area contributed by atoms with Crippen LogP contribution in [0.2, 0.25) is 0 Å². The highest BCUT2D eigenvalue weighted by atomic mass is 16.5. The molecule has 2 rings (SSSR count). The van der Waals surface area contributed by atoms with Gasteiger partial charge in [0, 0.05) is 19.6 Å². The van der Waals surface area contributed by atoms with E-state index >= 15 is 0 Å². The predicted octanol–water partition coefficient (Wildman–Crippen LogP) is 2.08. The van der Waals surface area contributed by atoms with E-state index < -0.39 is 0 Å². The normalized spacial score (nSPS) is 18.2. The average molecular weight is 263 g/mol. The largest absolute Gasteiger partial charge is 0.494 e. The summed E-state index contributed by atoms with van der Waals surface area (Å²) in [5.41, 5.74) is 10.7. The van der Waals surface area contributed by atoms with Crippen LogP contribution in [0, 0.1) is 0 Å². The molecule has 1 atom stereocenters. The lowest BCUT2D eigenvalue weighted by Gasteiger charge is -2.31. The van der Waals surface area contributed by atoms with Gasteiger partial charge >= 0.3 is 0 Å². The van der Waals surface area contributed by atoms with Crippen molar-refractivity contribution in [3.05, 3.63) is 29.8 Å². The van der Waals surface area contributed by atoms with Crippen LogP contribution in [0.25, 0.3) is 0 Å². The first-order chi connectivity index (χ1) is 9.33. The van der Waals surface area contributed by atoms with Crippen molar-refractivity contribution < 1.29 is 4.74 Å². The van der Waals surface area contributed by atoms with E-state index in [9.17, 15) is 0 Å². The molecule has 0 aromatic heterocycles. The zero-order valence-corrected chi connectivity index (χ0v) is 11.8. The molecule has 1 saturated heterocycles. The van der Waals surface area contributed by atoms with Gasteiger partial charge in [-0.3, -0.25) is 0 Å². The summed E-state index contributed by atoms with van der Waals surface area (Å²) in [6.07, 6.45) is 3.88. The van der Waals surface area contributed by atoms with Crippen LogP contribution in [0.5, 0.6) is 5.75 Å². The fourth-order valence-corrected chi connectivity index (χ4v) is 2.47. The molecule has 1 fully saturated rings. The Labute approximate surface area is 115 Å². The summed E-state index contributed by atoms with van der Waals surface area (Å²) in [5.74, 6) is 0.917. The van der Waals surface area contributed by atoms with E-state index in [-0.39, 0.29) is 6.04 Å². The second kappa shape index (κ2) is 7.48. The maximum atomic E-state index is 5.90. The van der Waals surface area contributed by atoms with E-state index in [0.29, 0.717) is 13.2 Å². The highest BCUT2D eigenvalue weighted by molar-refractivity contribution is 5.29. The smallest absolute Gasteiger partial charge is 0.119 e. The van der Waals surface area contributed by atoms with Crippen molar-refractivity contribution in [2.75, 3.05) is 26.2 Å². The van der Waals surface area contributed by atoms with Gasteiger partial charge < -0.3 is 10.5 Å². The molecular weight excluding hydrogens is 238 g/mol. The van der Waals surface area contributed by atoms with Crippen LogP contribution in [-0.4, -0.2) is 31.3 Å². The van der Waals surface area contributed by atoms with E-state index in [4.69, 9.17) is 10.5 Å². The molecule has 106 valence electrons. The number of hydrogen-bond acceptors (Lipinski definition) is 4. The van der Waals surface area contributed by atoms with Crippen LogP contribution in [0.4, 0.5) is 0 Å². The van der Waals surface area contributed by atoms with Gasteiger partial charge in [-0.2, -0.15) is 0 Å². The third kappa shape index (κ3) is 4.20. The Morgan fingerprint density at radius 2 is 1.89 bits per heavy atom. The standard InChI is InChI=1S/C15H25N3O/c1-2-19-14-8-6-13(7-9-14)15(12-16)17-18-10-4-3-5-11-18/h6-9,15,17H,2-5,10-12,16H2,1H3. The molecule has 0 amide bonds. The quantitative estimate of drug-likeness (QED) is 0.825. The van der Waals surface area contributed by atoms with Crippen molar-refractivity contribution in [2.24, 2.45) is 5.73 Å². The van der Waals surface area contributed by atoms with Gasteiger partial charge in [0.05, 0.1) is 12.6 Å². The minimum Gasteiger partial charge on any atom is -0.494 e. The Kier molecular flexibility index (Phi) is 5.63. The summed E-state index contributed by atoms with van der Waals surface area (Å²) >= 11 is 0. The summed E-state index contributed by atoms with van der Waals surface area (Å²) in [4.78, 5) is 0. The Morgan fingerprint density at radius 1 is 1.21 bits per heavy atom. The van der Waals surface area contributed by atoms with Crippen molar-refractivity contribution >= 4 is 0 Å². The maximum absolute atomic E-state index is 5.90. The molecule has 0 spiro atoms. The molecule has 1 aliphatic heterocycles. The number of nitrogens with two attached hydrogens (primary N) is 1. The summed E-state index contributed by atoms with van der Waals surface area (Å²) in [7, 11) is 0. The van der Waals surface area contributed by atoms with E-state index in [1.807, 2.05) is 19.1 Å². The number of hydrazine groups is 1. The van der Waals surface area contributed by atoms with Gasteiger partial charge in [0.15, 0.2) is 0 Å². The monoisotopic (exact) mass is 263 g/mol. The van der Waals surface area contributed by atoms with Crippen molar-refractivity contribution in [1.82, 2.24) is 10.4 Å². The van der Waals surface area contributed by atoms with Gasteiger partial charge in [-0.15, -0.1) is 0 Å². The SMILES string of the molecule is CCOc1ccc(C(CN)NN2CCCCC2)cc1. The maximum Gasteiger partial charge on any atom is 0.119 e. The van der Waals surface area contributed by atoms with Crippen molar-refractivity contribution in [1.29, 1.82) is 0 Å². The molecule has 1 unspecified atom stereocenters. The molecule has 0 radical (unpaired) electrons. The first kappa shape index (κ1) is 14.3. The zero-order valence-electron chi connectivity index (χ0n) is 11.8. The molecular formula is C15H25N3O. The topological polar surface area (TPSA) is 50.5 Å². The lowest BCUT2D eigenvalue weighted by molar-refractivity contribution is 0.130. The highest BCUT2D eigenvalue weighted by Gasteiger charge is 2.15. The Bertz CT molecular complexity index is 360. The summed E-state index contributed by atoms with van der Waals surface area (Å²) in [6.45, 7) is 5.53. The number of nitrogens with one attached hydrogen (secondary N) is 1. The molecule has 19 heavy (non-hydrogen) atoms. The third-order valence-electron chi connectivity index (χ3n) is 3.52. The molecule has 4 nitrogen and oxygen atoms in total. The van der Waals surface area contributed by atoms with Gasteiger partial charge in [0.25, 0.3) is 0 Å². The lowest BCUT2D eigenvalue weighted by Crippen LogP contribution is -2.45. The molecule has 3 N–H and O–H groups in total. The zero-order chi connectivity index (χ0) is 13.5. The van der Waals surface area contributed by atoms with Crippen LogP contribution in [0.1, 0.15) is 37.8 Å². The first-order valence-corrected chi connectivity index (χ1v) is 7.27. The highest BCUT2D eigenvalue weighted by Crippen LogP contribution is 2.18. The average Bonchev–Trinajstić information content (AvgIpc) is 2.47. The summed E-state index contributed by atoms with van der Waals surface area (Å²) in [5, 5.41) is 2.30. The van der Waals surface area contributed by atoms with E-state index in [1.165, 1.54) is 24.8 Å². The fraction of sp³-hybridized carbons (Fsp3) is 0.600. The fourth-order valence-electron chi connectivity index (χ4n) is 2.47. The van der Waals surface area contributed by atoms with E-state index in [0.717, 1.165) is 18.8 Å². The number of rotatable bonds is 6. The second-order valence-electron chi connectivity index (χ2n) is 4.97. The van der Waals surface area contributed by atoms with E-state index in [2.05, 4.69) is 22.6 Å². The van der Waals surface area contributed by atoms with Crippen LogP contribution in [0.15, 0.2) is 24.3 Å². The molecule has 0 saturated carbocycles. The molecule has 0 bridgehead atoms. The van der Waals surface area contributed by atoms with Gasteiger partial charge in [-0.25, -0.2) is 10.4 Å². The van der Waals surface area contributed by atoms with Crippen molar-refractivity contribution in [3.8, 4) is 5.75 Å². The molecule has 1 aromatic carbocycles. The first-order valence-electron chi connectivity index (χ1n) is 7.27. The van der Waals surface area contributed by atoms with Gasteiger partial charge in [-0.05, 0) is 37.5 Å². The molecule has 0 aliphatic carbocycles. The molecule has 1 heterocycles. The Morgan fingerprint density at radius 3 is 2.47 bits per heavy atom. The van der Waals surface area contributed by atoms with Crippen LogP contribution in [0.3, 0.4) is 0 Å². The Balaban J connectivity index is 1.95. The number of ether oxygens (including phenoxy) is 1. The summed E-state index contributed by atoms with van der Waals surface area (Å²) in [6, 6.07) is 8.41. The van der Waals surface area contributed by atoms with Crippen LogP contribution in [-0.2, 0) is 0 Å². The minimum absolute atomic E-state index is 0.189. The number of piperidine rings is 1. The second-order valence-corrected chi connectivity index (χ2v) is 4.97. The molecule has 4 heteroatoms. The number of nitrogens with zero attached hydrogens (tertiary/aromatic N) is 1. The van der Waals surface area contributed by atoms with Gasteiger partial charge in [0.2, 0.25) is 0 Å². The predicted molar refractivity (Wildman–Crippen MR) is 78.0 cm³/mol. The molecule has 1 aliphatic rings. The van der Waals surface area contributed by atoms with E-state index in [1.54, 1.807) is 0 Å². The number of benzene rings is 1. The van der Waals surface area contributed by atoms with Gasteiger partial charge in [0.1, 0.15) is 5.75 Å². The number of hydrogen-bond donors (Lipinski definition) is 2. The van der Waals surface area contributed by atoms with Gasteiger partial charge in [-0.1, -0.05) is 18.6 Å². The molecule has 1 aromatic rings. The minimum atomic E-state index is 0.189. The summed E-state index contributed by atoms with van der Waals surface area (Å²) < 4.78 is 5.46. The third-order valence-corrected chi connectivity index (χ3v) is 3.52. The van der Waals surface area contributed by atoms with Crippen LogP contribution < -0.4 is 15.9 Å².